The molecule has 6 heteroatoms. The van der Waals surface area contributed by atoms with Gasteiger partial charge in [0.1, 0.15) is 11.4 Å². The second-order valence-electron chi connectivity index (χ2n) is 6.65. The predicted octanol–water partition coefficient (Wildman–Crippen LogP) is 4.29. The third-order valence-electron chi connectivity index (χ3n) is 4.73. The smallest absolute Gasteiger partial charge is 0.269 e. The van der Waals surface area contributed by atoms with Gasteiger partial charge in [-0.05, 0) is 54.4 Å². The number of aromatic amines is 1. The molecule has 0 spiro atoms. The number of para-hydroxylation sites is 1. The minimum absolute atomic E-state index is 0.180. The minimum atomic E-state index is -0.180. The summed E-state index contributed by atoms with van der Waals surface area (Å²) in [5, 5.41) is 7.37. The molecular formula is C23H22N4O2. The van der Waals surface area contributed by atoms with Crippen molar-refractivity contribution in [3.63, 3.8) is 0 Å². The maximum Gasteiger partial charge on any atom is 0.269 e. The number of ether oxygens (including phenoxy) is 1. The number of nitrogens with one attached hydrogen (secondary N) is 3. The van der Waals surface area contributed by atoms with E-state index in [1.54, 1.807) is 19.4 Å². The fraction of sp³-hybridized carbons (Fsp3) is 0.130. The van der Waals surface area contributed by atoms with Gasteiger partial charge < -0.3 is 20.4 Å². The summed E-state index contributed by atoms with van der Waals surface area (Å²) in [6, 6.07) is 19.3. The maximum absolute atomic E-state index is 12.4. The molecule has 146 valence electrons. The lowest BCUT2D eigenvalue weighted by atomic mass is 10.1. The Morgan fingerprint density at radius 2 is 1.83 bits per heavy atom. The molecule has 0 unspecified atom stereocenters. The molecule has 0 saturated carbocycles. The molecule has 0 aliphatic heterocycles. The Morgan fingerprint density at radius 1 is 1.03 bits per heavy atom. The van der Waals surface area contributed by atoms with Gasteiger partial charge in [0.25, 0.3) is 5.91 Å². The van der Waals surface area contributed by atoms with Gasteiger partial charge in [0.2, 0.25) is 0 Å². The molecule has 0 atom stereocenters. The zero-order valence-corrected chi connectivity index (χ0v) is 16.1. The van der Waals surface area contributed by atoms with Gasteiger partial charge in [-0.3, -0.25) is 4.79 Å². The monoisotopic (exact) mass is 386 g/mol. The average molecular weight is 386 g/mol. The normalized spacial score (nSPS) is 10.7. The summed E-state index contributed by atoms with van der Waals surface area (Å²) in [6.07, 6.45) is 4.40. The van der Waals surface area contributed by atoms with Crippen molar-refractivity contribution in [2.24, 2.45) is 0 Å². The lowest BCUT2D eigenvalue weighted by Crippen LogP contribution is -2.26. The van der Waals surface area contributed by atoms with E-state index in [4.69, 9.17) is 4.74 Å². The highest BCUT2D eigenvalue weighted by molar-refractivity contribution is 5.92. The SMILES string of the molecule is COc1ccc(Nc2ccc(C(=O)NCCc3c[nH]c4ccccc34)nc2)cc1. The van der Waals surface area contributed by atoms with E-state index in [2.05, 4.69) is 26.7 Å². The Morgan fingerprint density at radius 3 is 2.59 bits per heavy atom. The van der Waals surface area contributed by atoms with Gasteiger partial charge in [-0.1, -0.05) is 18.2 Å². The van der Waals surface area contributed by atoms with E-state index in [9.17, 15) is 4.79 Å². The number of hydrogen-bond acceptors (Lipinski definition) is 4. The molecule has 29 heavy (non-hydrogen) atoms. The third-order valence-corrected chi connectivity index (χ3v) is 4.73. The van der Waals surface area contributed by atoms with Crippen molar-refractivity contribution in [1.82, 2.24) is 15.3 Å². The van der Waals surface area contributed by atoms with E-state index in [-0.39, 0.29) is 5.91 Å². The summed E-state index contributed by atoms with van der Waals surface area (Å²) in [5.41, 5.74) is 4.42. The molecule has 2 heterocycles. The number of hydrogen-bond donors (Lipinski definition) is 3. The topological polar surface area (TPSA) is 79.0 Å². The fourth-order valence-corrected chi connectivity index (χ4v) is 3.18. The average Bonchev–Trinajstić information content (AvgIpc) is 3.18. The summed E-state index contributed by atoms with van der Waals surface area (Å²) in [6.45, 7) is 0.550. The highest BCUT2D eigenvalue weighted by atomic mass is 16.5. The minimum Gasteiger partial charge on any atom is -0.497 e. The first-order chi connectivity index (χ1) is 14.2. The number of aromatic nitrogens is 2. The van der Waals surface area contributed by atoms with E-state index < -0.39 is 0 Å². The number of fused-ring (bicyclic) bond motifs is 1. The van der Waals surface area contributed by atoms with Crippen LogP contribution in [-0.4, -0.2) is 29.5 Å². The number of methoxy groups -OCH3 is 1. The molecule has 2 aromatic heterocycles. The first-order valence-electron chi connectivity index (χ1n) is 9.43. The molecule has 0 fully saturated rings. The molecular weight excluding hydrogens is 364 g/mol. The quantitative estimate of drug-likeness (QED) is 0.443. The van der Waals surface area contributed by atoms with Crippen molar-refractivity contribution >= 4 is 28.2 Å². The first kappa shape index (κ1) is 18.6. The highest BCUT2D eigenvalue weighted by Crippen LogP contribution is 2.20. The Kier molecular flexibility index (Phi) is 5.42. The van der Waals surface area contributed by atoms with Gasteiger partial charge >= 0.3 is 0 Å². The summed E-state index contributed by atoms with van der Waals surface area (Å²) >= 11 is 0. The van der Waals surface area contributed by atoms with Crippen LogP contribution in [0.15, 0.2) is 73.1 Å². The maximum atomic E-state index is 12.4. The predicted molar refractivity (Wildman–Crippen MR) is 115 cm³/mol. The molecule has 6 nitrogen and oxygen atoms in total. The molecule has 0 saturated heterocycles. The van der Waals surface area contributed by atoms with Crippen molar-refractivity contribution < 1.29 is 9.53 Å². The van der Waals surface area contributed by atoms with Crippen LogP contribution in [0.3, 0.4) is 0 Å². The number of H-pyrrole nitrogens is 1. The molecule has 0 aliphatic rings. The zero-order chi connectivity index (χ0) is 20.1. The number of anilines is 2. The largest absolute Gasteiger partial charge is 0.497 e. The molecule has 0 bridgehead atoms. The zero-order valence-electron chi connectivity index (χ0n) is 16.1. The van der Waals surface area contributed by atoms with E-state index >= 15 is 0 Å². The van der Waals surface area contributed by atoms with Gasteiger partial charge in [-0.15, -0.1) is 0 Å². The van der Waals surface area contributed by atoms with Crippen molar-refractivity contribution in [1.29, 1.82) is 0 Å². The number of nitrogens with zero attached hydrogens (tertiary/aromatic N) is 1. The number of carbonyl (C=O) groups excluding carboxylic acids is 1. The number of rotatable bonds is 7. The third kappa shape index (κ3) is 4.38. The Labute approximate surface area is 168 Å². The number of benzene rings is 2. The van der Waals surface area contributed by atoms with Gasteiger partial charge in [0.15, 0.2) is 0 Å². The second kappa shape index (κ2) is 8.48. The molecule has 0 radical (unpaired) electrons. The van der Waals surface area contributed by atoms with Crippen LogP contribution in [0.2, 0.25) is 0 Å². The molecule has 1 amide bonds. The lowest BCUT2D eigenvalue weighted by molar-refractivity contribution is 0.0949. The number of carbonyl (C=O) groups is 1. The van der Waals surface area contributed by atoms with Crippen LogP contribution in [0, 0.1) is 0 Å². The Bertz CT molecular complexity index is 1100. The van der Waals surface area contributed by atoms with Crippen LogP contribution in [0.25, 0.3) is 10.9 Å². The summed E-state index contributed by atoms with van der Waals surface area (Å²) in [4.78, 5) is 19.9. The number of amides is 1. The summed E-state index contributed by atoms with van der Waals surface area (Å²) in [7, 11) is 1.64. The van der Waals surface area contributed by atoms with Crippen molar-refractivity contribution in [3.8, 4) is 5.75 Å². The molecule has 4 rings (SSSR count). The molecule has 0 aliphatic carbocycles. The van der Waals surface area contributed by atoms with Crippen LogP contribution < -0.4 is 15.4 Å². The van der Waals surface area contributed by atoms with Crippen LogP contribution in [-0.2, 0) is 6.42 Å². The van der Waals surface area contributed by atoms with Crippen LogP contribution >= 0.6 is 0 Å². The fourth-order valence-electron chi connectivity index (χ4n) is 3.18. The van der Waals surface area contributed by atoms with Crippen molar-refractivity contribution in [2.45, 2.75) is 6.42 Å². The van der Waals surface area contributed by atoms with E-state index in [1.807, 2.05) is 54.7 Å². The van der Waals surface area contributed by atoms with Gasteiger partial charge in [-0.2, -0.15) is 0 Å². The Hall–Kier alpha value is -3.80. The molecule has 2 aromatic carbocycles. The van der Waals surface area contributed by atoms with Crippen molar-refractivity contribution in [3.05, 3.63) is 84.3 Å². The van der Waals surface area contributed by atoms with Crippen LogP contribution in [0.5, 0.6) is 5.75 Å². The van der Waals surface area contributed by atoms with Crippen LogP contribution in [0.4, 0.5) is 11.4 Å². The second-order valence-corrected chi connectivity index (χ2v) is 6.65. The number of pyridine rings is 1. The van der Waals surface area contributed by atoms with E-state index in [0.717, 1.165) is 29.1 Å². The highest BCUT2D eigenvalue weighted by Gasteiger charge is 2.08. The summed E-state index contributed by atoms with van der Waals surface area (Å²) < 4.78 is 5.15. The lowest BCUT2D eigenvalue weighted by Gasteiger charge is -2.08. The van der Waals surface area contributed by atoms with Gasteiger partial charge in [0, 0.05) is 29.3 Å². The van der Waals surface area contributed by atoms with E-state index in [0.29, 0.717) is 12.2 Å². The van der Waals surface area contributed by atoms with Gasteiger partial charge in [-0.25, -0.2) is 4.98 Å². The van der Waals surface area contributed by atoms with E-state index in [1.165, 1.54) is 10.9 Å². The first-order valence-corrected chi connectivity index (χ1v) is 9.43. The molecule has 3 N–H and O–H groups in total. The standard InChI is InChI=1S/C23H22N4O2/c1-29-19-9-6-17(7-10-19)27-18-8-11-22(26-15-18)23(28)24-13-12-16-14-25-21-5-3-2-4-20(16)21/h2-11,14-15,25,27H,12-13H2,1H3,(H,24,28). The van der Waals surface area contributed by atoms with Crippen molar-refractivity contribution in [2.75, 3.05) is 19.0 Å². The Balaban J connectivity index is 1.31. The van der Waals surface area contributed by atoms with Crippen LogP contribution in [0.1, 0.15) is 16.1 Å². The van der Waals surface area contributed by atoms with Gasteiger partial charge in [0.05, 0.1) is 19.0 Å². The summed E-state index contributed by atoms with van der Waals surface area (Å²) in [5.74, 6) is 0.620. The molecule has 4 aromatic rings.